The molecule has 0 fully saturated rings. The van der Waals surface area contributed by atoms with Crippen molar-refractivity contribution in [1.82, 2.24) is 0 Å². The van der Waals surface area contributed by atoms with Gasteiger partial charge in [0.2, 0.25) is 0 Å². The standard InChI is InChI=1S/C20H23NO4/c1-20(2,3)15-9-11-16(12-10-15)21-18(22)13-25-19(23)14-24-17-7-5-4-6-8-17/h4-12H,13-14H2,1-3H3,(H,21,22). The molecule has 2 aromatic rings. The first kappa shape index (κ1) is 18.5. The maximum atomic E-state index is 11.8. The molecule has 0 spiro atoms. The third-order valence-electron chi connectivity index (χ3n) is 3.50. The largest absolute Gasteiger partial charge is 0.482 e. The molecule has 0 aliphatic carbocycles. The van der Waals surface area contributed by atoms with Crippen LogP contribution in [-0.4, -0.2) is 25.1 Å². The quantitative estimate of drug-likeness (QED) is 0.816. The second kappa shape index (κ2) is 8.33. The smallest absolute Gasteiger partial charge is 0.344 e. The highest BCUT2D eigenvalue weighted by Gasteiger charge is 2.13. The normalized spacial score (nSPS) is 10.8. The minimum atomic E-state index is -0.595. The number of hydrogen-bond donors (Lipinski definition) is 1. The number of anilines is 1. The van der Waals surface area contributed by atoms with E-state index in [1.807, 2.05) is 30.3 Å². The monoisotopic (exact) mass is 341 g/mol. The molecule has 0 atom stereocenters. The van der Waals surface area contributed by atoms with Crippen molar-refractivity contribution in [3.8, 4) is 5.75 Å². The molecule has 5 nitrogen and oxygen atoms in total. The fourth-order valence-electron chi connectivity index (χ4n) is 2.10. The van der Waals surface area contributed by atoms with E-state index in [2.05, 4.69) is 26.1 Å². The lowest BCUT2D eigenvalue weighted by Gasteiger charge is -2.19. The van der Waals surface area contributed by atoms with Crippen LogP contribution >= 0.6 is 0 Å². The van der Waals surface area contributed by atoms with Crippen molar-refractivity contribution in [3.63, 3.8) is 0 Å². The highest BCUT2D eigenvalue weighted by Crippen LogP contribution is 2.23. The molecule has 0 unspecified atom stereocenters. The average Bonchev–Trinajstić information content (AvgIpc) is 2.59. The molecule has 1 N–H and O–H groups in total. The first-order chi connectivity index (χ1) is 11.8. The summed E-state index contributed by atoms with van der Waals surface area (Å²) >= 11 is 0. The summed E-state index contributed by atoms with van der Waals surface area (Å²) in [6.45, 7) is 5.78. The molecule has 5 heteroatoms. The third-order valence-corrected chi connectivity index (χ3v) is 3.50. The fraction of sp³-hybridized carbons (Fsp3) is 0.300. The third kappa shape index (κ3) is 6.30. The van der Waals surface area contributed by atoms with Gasteiger partial charge in [0.25, 0.3) is 5.91 Å². The van der Waals surface area contributed by atoms with Crippen molar-refractivity contribution in [2.45, 2.75) is 26.2 Å². The van der Waals surface area contributed by atoms with Crippen LogP contribution in [0.15, 0.2) is 54.6 Å². The van der Waals surface area contributed by atoms with Crippen molar-refractivity contribution in [1.29, 1.82) is 0 Å². The van der Waals surface area contributed by atoms with Crippen LogP contribution in [0.1, 0.15) is 26.3 Å². The number of hydrogen-bond acceptors (Lipinski definition) is 4. The first-order valence-electron chi connectivity index (χ1n) is 8.08. The minimum absolute atomic E-state index is 0.0524. The maximum absolute atomic E-state index is 11.8. The zero-order valence-corrected chi connectivity index (χ0v) is 14.7. The van der Waals surface area contributed by atoms with Crippen LogP contribution in [0.3, 0.4) is 0 Å². The maximum Gasteiger partial charge on any atom is 0.344 e. The molecule has 0 bridgehead atoms. The first-order valence-corrected chi connectivity index (χ1v) is 8.08. The van der Waals surface area contributed by atoms with Crippen molar-refractivity contribution in [2.24, 2.45) is 0 Å². The van der Waals surface area contributed by atoms with Crippen LogP contribution < -0.4 is 10.1 Å². The Hall–Kier alpha value is -2.82. The van der Waals surface area contributed by atoms with Gasteiger partial charge in [-0.25, -0.2) is 4.79 Å². The lowest BCUT2D eigenvalue weighted by atomic mass is 9.87. The van der Waals surface area contributed by atoms with Gasteiger partial charge < -0.3 is 14.8 Å². The summed E-state index contributed by atoms with van der Waals surface area (Å²) in [4.78, 5) is 23.4. The number of nitrogens with one attached hydrogen (secondary N) is 1. The van der Waals surface area contributed by atoms with Gasteiger partial charge in [-0.2, -0.15) is 0 Å². The van der Waals surface area contributed by atoms with Gasteiger partial charge in [-0.05, 0) is 35.2 Å². The Bertz CT molecular complexity index is 703. The summed E-state index contributed by atoms with van der Waals surface area (Å²) < 4.78 is 10.2. The number of ether oxygens (including phenoxy) is 2. The Labute approximate surface area is 148 Å². The van der Waals surface area contributed by atoms with Crippen LogP contribution in [0.25, 0.3) is 0 Å². The summed E-state index contributed by atoms with van der Waals surface area (Å²) in [6, 6.07) is 16.5. The van der Waals surface area contributed by atoms with E-state index >= 15 is 0 Å². The molecule has 0 heterocycles. The van der Waals surface area contributed by atoms with Gasteiger partial charge in [0, 0.05) is 5.69 Å². The molecule has 1 amide bonds. The average molecular weight is 341 g/mol. The van der Waals surface area contributed by atoms with E-state index < -0.39 is 11.9 Å². The van der Waals surface area contributed by atoms with Gasteiger partial charge in [0.05, 0.1) is 0 Å². The molecule has 0 aliphatic rings. The zero-order valence-electron chi connectivity index (χ0n) is 14.7. The highest BCUT2D eigenvalue weighted by atomic mass is 16.6. The van der Waals surface area contributed by atoms with Crippen LogP contribution in [0.5, 0.6) is 5.75 Å². The Kier molecular flexibility index (Phi) is 6.17. The number of para-hydroxylation sites is 1. The van der Waals surface area contributed by atoms with E-state index in [1.54, 1.807) is 24.3 Å². The number of rotatable bonds is 6. The van der Waals surface area contributed by atoms with E-state index in [0.29, 0.717) is 11.4 Å². The molecule has 0 radical (unpaired) electrons. The van der Waals surface area contributed by atoms with Crippen molar-refractivity contribution < 1.29 is 19.1 Å². The second-order valence-electron chi connectivity index (χ2n) is 6.64. The lowest BCUT2D eigenvalue weighted by molar-refractivity contribution is -0.149. The number of esters is 1. The number of amides is 1. The Morgan fingerprint density at radius 2 is 1.56 bits per heavy atom. The lowest BCUT2D eigenvalue weighted by Crippen LogP contribution is -2.23. The van der Waals surface area contributed by atoms with Gasteiger partial charge in [0.15, 0.2) is 13.2 Å². The number of carbonyl (C=O) groups is 2. The topological polar surface area (TPSA) is 64.6 Å². The van der Waals surface area contributed by atoms with Gasteiger partial charge >= 0.3 is 5.97 Å². The Morgan fingerprint density at radius 3 is 2.16 bits per heavy atom. The summed E-state index contributed by atoms with van der Waals surface area (Å²) in [7, 11) is 0. The summed E-state index contributed by atoms with van der Waals surface area (Å²) in [6.07, 6.45) is 0. The van der Waals surface area contributed by atoms with Crippen LogP contribution in [-0.2, 0) is 19.7 Å². The molecule has 2 aromatic carbocycles. The number of benzene rings is 2. The van der Waals surface area contributed by atoms with E-state index in [1.165, 1.54) is 5.56 Å². The molecule has 0 aliphatic heterocycles. The van der Waals surface area contributed by atoms with Crippen LogP contribution in [0.4, 0.5) is 5.69 Å². The summed E-state index contributed by atoms with van der Waals surface area (Å²) in [5.41, 5.74) is 1.89. The van der Waals surface area contributed by atoms with Gasteiger partial charge in [-0.1, -0.05) is 51.1 Å². The van der Waals surface area contributed by atoms with E-state index in [9.17, 15) is 9.59 Å². The van der Waals surface area contributed by atoms with Crippen LogP contribution in [0, 0.1) is 0 Å². The second-order valence-corrected chi connectivity index (χ2v) is 6.64. The van der Waals surface area contributed by atoms with E-state index in [-0.39, 0.29) is 18.6 Å². The Morgan fingerprint density at radius 1 is 0.920 bits per heavy atom. The fourth-order valence-corrected chi connectivity index (χ4v) is 2.10. The Balaban J connectivity index is 1.74. The van der Waals surface area contributed by atoms with Crippen molar-refractivity contribution >= 4 is 17.6 Å². The van der Waals surface area contributed by atoms with Crippen molar-refractivity contribution in [3.05, 3.63) is 60.2 Å². The van der Waals surface area contributed by atoms with Gasteiger partial charge in [-0.3, -0.25) is 4.79 Å². The molecular weight excluding hydrogens is 318 g/mol. The summed E-state index contributed by atoms with van der Waals surface area (Å²) in [5, 5.41) is 2.69. The molecule has 25 heavy (non-hydrogen) atoms. The predicted molar refractivity (Wildman–Crippen MR) is 96.7 cm³/mol. The zero-order chi connectivity index (χ0) is 18.3. The summed E-state index contributed by atoms with van der Waals surface area (Å²) in [5.74, 6) is -0.415. The van der Waals surface area contributed by atoms with Crippen LogP contribution in [0.2, 0.25) is 0 Å². The molecule has 2 rings (SSSR count). The molecule has 0 saturated carbocycles. The predicted octanol–water partition coefficient (Wildman–Crippen LogP) is 3.54. The SMILES string of the molecule is CC(C)(C)c1ccc(NC(=O)COC(=O)COc2ccccc2)cc1. The van der Waals surface area contributed by atoms with E-state index in [4.69, 9.17) is 9.47 Å². The van der Waals surface area contributed by atoms with Crippen molar-refractivity contribution in [2.75, 3.05) is 18.5 Å². The molecule has 0 aromatic heterocycles. The highest BCUT2D eigenvalue weighted by molar-refractivity contribution is 5.92. The van der Waals surface area contributed by atoms with E-state index in [0.717, 1.165) is 0 Å². The number of carbonyl (C=O) groups excluding carboxylic acids is 2. The van der Waals surface area contributed by atoms with Gasteiger partial charge in [0.1, 0.15) is 5.75 Å². The molecular formula is C20H23NO4. The van der Waals surface area contributed by atoms with Gasteiger partial charge in [-0.15, -0.1) is 0 Å². The molecule has 132 valence electrons. The molecule has 0 saturated heterocycles. The minimum Gasteiger partial charge on any atom is -0.482 e.